The van der Waals surface area contributed by atoms with E-state index in [1.54, 1.807) is 0 Å². The van der Waals surface area contributed by atoms with E-state index in [1.165, 1.54) is 19.3 Å². The van der Waals surface area contributed by atoms with Crippen LogP contribution in [0.15, 0.2) is 0 Å². The van der Waals surface area contributed by atoms with Crippen molar-refractivity contribution in [1.29, 1.82) is 5.26 Å². The summed E-state index contributed by atoms with van der Waals surface area (Å²) < 4.78 is 0. The third-order valence-corrected chi connectivity index (χ3v) is 5.50. The average molecular weight is 234 g/mol. The Morgan fingerprint density at radius 2 is 2.12 bits per heavy atom. The minimum absolute atomic E-state index is 0.375. The lowest BCUT2D eigenvalue weighted by atomic mass is 9.68. The largest absolute Gasteiger partial charge is 0.309 e. The molecule has 2 fully saturated rings. The summed E-state index contributed by atoms with van der Waals surface area (Å²) in [6.07, 6.45) is 5.84. The first kappa shape index (κ1) is 12.9. The number of hydrogen-bond acceptors (Lipinski definition) is 2. The maximum absolute atomic E-state index is 8.88. The van der Waals surface area contributed by atoms with Gasteiger partial charge >= 0.3 is 0 Å². The van der Waals surface area contributed by atoms with Crippen LogP contribution in [0.5, 0.6) is 0 Å². The second-order valence-corrected chi connectivity index (χ2v) is 6.98. The van der Waals surface area contributed by atoms with Gasteiger partial charge in [-0.1, -0.05) is 27.7 Å². The fraction of sp³-hybridized carbons (Fsp3) is 0.933. The fourth-order valence-corrected chi connectivity index (χ4v) is 4.39. The highest BCUT2D eigenvalue weighted by Crippen LogP contribution is 2.62. The molecule has 2 aliphatic carbocycles. The van der Waals surface area contributed by atoms with Crippen molar-refractivity contribution < 1.29 is 0 Å². The number of nitrogens with one attached hydrogen (secondary N) is 1. The maximum Gasteiger partial charge on any atom is 0.0638 e. The summed E-state index contributed by atoms with van der Waals surface area (Å²) in [5.41, 5.74) is 0.868. The van der Waals surface area contributed by atoms with Crippen LogP contribution in [0.25, 0.3) is 0 Å². The molecule has 2 nitrogen and oxygen atoms in total. The standard InChI is InChI=1S/C15H26N2/c1-5-12(7-9-16)17-13-14(2,3)11-6-8-15(13,4)10-11/h11-13,17H,5-8,10H2,1-4H3. The smallest absolute Gasteiger partial charge is 0.0638 e. The van der Waals surface area contributed by atoms with Crippen LogP contribution in [0.4, 0.5) is 0 Å². The number of nitrogens with zero attached hydrogens (tertiary/aromatic N) is 1. The van der Waals surface area contributed by atoms with Gasteiger partial charge in [-0.05, 0) is 42.4 Å². The summed E-state index contributed by atoms with van der Waals surface area (Å²) in [7, 11) is 0. The van der Waals surface area contributed by atoms with Crippen LogP contribution < -0.4 is 5.32 Å². The average Bonchev–Trinajstić information content (AvgIpc) is 2.74. The fourth-order valence-electron chi connectivity index (χ4n) is 4.39. The van der Waals surface area contributed by atoms with Gasteiger partial charge < -0.3 is 5.32 Å². The minimum Gasteiger partial charge on any atom is -0.309 e. The molecule has 4 atom stereocenters. The van der Waals surface area contributed by atoms with E-state index < -0.39 is 0 Å². The summed E-state index contributed by atoms with van der Waals surface area (Å²) in [6, 6.07) is 3.28. The molecular weight excluding hydrogens is 208 g/mol. The molecule has 17 heavy (non-hydrogen) atoms. The number of rotatable bonds is 4. The monoisotopic (exact) mass is 234 g/mol. The van der Waals surface area contributed by atoms with E-state index in [-0.39, 0.29) is 0 Å². The Kier molecular flexibility index (Phi) is 3.25. The van der Waals surface area contributed by atoms with Gasteiger partial charge in [-0.3, -0.25) is 0 Å². The van der Waals surface area contributed by atoms with Crippen molar-refractivity contribution in [2.75, 3.05) is 0 Å². The molecular formula is C15H26N2. The predicted octanol–water partition coefficient (Wildman–Crippen LogP) is 3.48. The molecule has 0 aliphatic heterocycles. The van der Waals surface area contributed by atoms with E-state index >= 15 is 0 Å². The third kappa shape index (κ3) is 1.99. The van der Waals surface area contributed by atoms with Crippen molar-refractivity contribution in [2.24, 2.45) is 16.7 Å². The quantitative estimate of drug-likeness (QED) is 0.808. The molecule has 2 bridgehead atoms. The van der Waals surface area contributed by atoms with Crippen LogP contribution in [0.3, 0.4) is 0 Å². The van der Waals surface area contributed by atoms with Gasteiger partial charge in [0, 0.05) is 12.1 Å². The van der Waals surface area contributed by atoms with E-state index in [0.29, 0.717) is 29.3 Å². The second-order valence-electron chi connectivity index (χ2n) is 6.98. The van der Waals surface area contributed by atoms with Crippen LogP contribution in [0, 0.1) is 28.1 Å². The molecule has 0 amide bonds. The lowest BCUT2D eigenvalue weighted by molar-refractivity contribution is 0.0981. The third-order valence-electron chi connectivity index (χ3n) is 5.50. The van der Waals surface area contributed by atoms with Crippen LogP contribution in [0.1, 0.15) is 59.8 Å². The minimum atomic E-state index is 0.375. The van der Waals surface area contributed by atoms with Gasteiger partial charge in [0.2, 0.25) is 0 Å². The highest BCUT2D eigenvalue weighted by molar-refractivity contribution is 5.12. The summed E-state index contributed by atoms with van der Waals surface area (Å²) in [5.74, 6) is 0.879. The van der Waals surface area contributed by atoms with Gasteiger partial charge in [0.25, 0.3) is 0 Å². The SMILES string of the molecule is CCC(CC#N)NC1C2(C)CCC(C2)C1(C)C. The second kappa shape index (κ2) is 4.28. The van der Waals surface area contributed by atoms with Crippen molar-refractivity contribution in [3.05, 3.63) is 0 Å². The summed E-state index contributed by atoms with van der Waals surface area (Å²) in [4.78, 5) is 0. The van der Waals surface area contributed by atoms with Gasteiger partial charge in [-0.25, -0.2) is 0 Å². The van der Waals surface area contributed by atoms with Crippen LogP contribution in [-0.4, -0.2) is 12.1 Å². The van der Waals surface area contributed by atoms with Crippen molar-refractivity contribution in [1.82, 2.24) is 5.32 Å². The molecule has 0 aromatic rings. The number of hydrogen-bond donors (Lipinski definition) is 1. The Labute approximate surface area is 106 Å². The topological polar surface area (TPSA) is 35.8 Å². The van der Waals surface area contributed by atoms with E-state index in [0.717, 1.165) is 12.3 Å². The summed E-state index contributed by atoms with van der Waals surface area (Å²) >= 11 is 0. The van der Waals surface area contributed by atoms with E-state index in [1.807, 2.05) is 0 Å². The van der Waals surface area contributed by atoms with Gasteiger partial charge in [-0.2, -0.15) is 5.26 Å². The van der Waals surface area contributed by atoms with Crippen molar-refractivity contribution in [2.45, 2.75) is 71.9 Å². The Balaban J connectivity index is 2.12. The van der Waals surface area contributed by atoms with Crippen molar-refractivity contribution in [3.63, 3.8) is 0 Å². The Morgan fingerprint density at radius 3 is 2.59 bits per heavy atom. The van der Waals surface area contributed by atoms with Gasteiger partial charge in [0.1, 0.15) is 0 Å². The summed E-state index contributed by atoms with van der Waals surface area (Å²) in [5, 5.41) is 12.7. The molecule has 0 aromatic heterocycles. The van der Waals surface area contributed by atoms with Gasteiger partial charge in [0.15, 0.2) is 0 Å². The van der Waals surface area contributed by atoms with Crippen LogP contribution in [0.2, 0.25) is 0 Å². The first-order chi connectivity index (χ1) is 7.94. The zero-order chi connectivity index (χ0) is 12.7. The highest BCUT2D eigenvalue weighted by Gasteiger charge is 2.59. The molecule has 0 radical (unpaired) electrons. The molecule has 2 rings (SSSR count). The molecule has 0 heterocycles. The Hall–Kier alpha value is -0.550. The zero-order valence-electron chi connectivity index (χ0n) is 11.7. The van der Waals surface area contributed by atoms with Gasteiger partial charge in [-0.15, -0.1) is 0 Å². The predicted molar refractivity (Wildman–Crippen MR) is 70.5 cm³/mol. The zero-order valence-corrected chi connectivity index (χ0v) is 11.7. The van der Waals surface area contributed by atoms with Crippen LogP contribution in [-0.2, 0) is 0 Å². The molecule has 4 unspecified atom stereocenters. The molecule has 0 aromatic carbocycles. The van der Waals surface area contributed by atoms with Crippen LogP contribution >= 0.6 is 0 Å². The number of fused-ring (bicyclic) bond motifs is 2. The summed E-state index contributed by atoms with van der Waals surface area (Å²) in [6.45, 7) is 9.45. The lowest BCUT2D eigenvalue weighted by Crippen LogP contribution is -2.53. The molecule has 0 spiro atoms. The van der Waals surface area contributed by atoms with E-state index in [9.17, 15) is 0 Å². The molecule has 2 aliphatic rings. The van der Waals surface area contributed by atoms with Crippen molar-refractivity contribution >= 4 is 0 Å². The Bertz CT molecular complexity index is 324. The van der Waals surface area contributed by atoms with E-state index in [2.05, 4.69) is 39.1 Å². The highest BCUT2D eigenvalue weighted by atomic mass is 15.0. The first-order valence-corrected chi connectivity index (χ1v) is 7.07. The Morgan fingerprint density at radius 1 is 1.41 bits per heavy atom. The maximum atomic E-state index is 8.88. The normalized spacial score (nSPS) is 40.2. The number of nitriles is 1. The molecule has 2 saturated carbocycles. The molecule has 2 heteroatoms. The molecule has 1 N–H and O–H groups in total. The molecule has 96 valence electrons. The van der Waals surface area contributed by atoms with Crippen molar-refractivity contribution in [3.8, 4) is 6.07 Å². The first-order valence-electron chi connectivity index (χ1n) is 7.07. The molecule has 0 saturated heterocycles. The van der Waals surface area contributed by atoms with E-state index in [4.69, 9.17) is 5.26 Å². The van der Waals surface area contributed by atoms with Gasteiger partial charge in [0.05, 0.1) is 12.5 Å². The lowest BCUT2D eigenvalue weighted by Gasteiger charge is -2.44.